The number of carbonyl (C=O) groups excluding carboxylic acids is 3. The quantitative estimate of drug-likeness (QED) is 0.0195. The Morgan fingerprint density at radius 1 is 0.425 bits per heavy atom. The molecule has 0 aliphatic heterocycles. The average molecular weight is 1030 g/mol. The van der Waals surface area contributed by atoms with Crippen molar-refractivity contribution in [1.29, 1.82) is 0 Å². The number of hydrogen-bond donors (Lipinski definition) is 0. The Bertz CT molecular complexity index is 1340. The van der Waals surface area contributed by atoms with Gasteiger partial charge in [-0.2, -0.15) is 0 Å². The number of carboxylic acids is 1. The summed E-state index contributed by atoms with van der Waals surface area (Å²) < 4.78 is 22.7. The molecule has 9 nitrogen and oxygen atoms in total. The van der Waals surface area contributed by atoms with E-state index in [1.807, 2.05) is 21.1 Å². The Kier molecular flexibility index (Phi) is 53.4. The minimum Gasteiger partial charge on any atom is -0.545 e. The van der Waals surface area contributed by atoms with E-state index in [1.54, 1.807) is 0 Å². The molecule has 0 rings (SSSR count). The van der Waals surface area contributed by atoms with Crippen molar-refractivity contribution in [3.63, 3.8) is 0 Å². The minimum absolute atomic E-state index is 0.150. The van der Waals surface area contributed by atoms with Crippen molar-refractivity contribution >= 4 is 17.9 Å². The Morgan fingerprint density at radius 2 is 0.781 bits per heavy atom. The molecule has 426 valence electrons. The molecule has 0 fully saturated rings. The smallest absolute Gasteiger partial charge is 0.306 e. The minimum atomic E-state index is -1.62. The lowest BCUT2D eigenvalue weighted by molar-refractivity contribution is -0.870. The van der Waals surface area contributed by atoms with Gasteiger partial charge in [-0.25, -0.2) is 0 Å². The molecule has 0 spiro atoms. The Morgan fingerprint density at radius 3 is 1.16 bits per heavy atom. The summed E-state index contributed by atoms with van der Waals surface area (Å²) in [6, 6.07) is 0. The van der Waals surface area contributed by atoms with E-state index >= 15 is 0 Å². The topological polar surface area (TPSA) is 111 Å². The molecule has 0 saturated carbocycles. The van der Waals surface area contributed by atoms with Crippen LogP contribution in [0.1, 0.15) is 284 Å². The summed E-state index contributed by atoms with van der Waals surface area (Å²) in [5.74, 6) is -2.26. The zero-order valence-electron chi connectivity index (χ0n) is 48.5. The van der Waals surface area contributed by atoms with Crippen molar-refractivity contribution in [3.05, 3.63) is 48.6 Å². The predicted molar refractivity (Wildman–Crippen MR) is 306 cm³/mol. The van der Waals surface area contributed by atoms with Gasteiger partial charge in [0.25, 0.3) is 0 Å². The number of carboxylic acid groups (broad SMARTS) is 1. The van der Waals surface area contributed by atoms with Crippen LogP contribution in [-0.4, -0.2) is 82.3 Å². The number of carbonyl (C=O) groups is 3. The molecule has 0 bridgehead atoms. The van der Waals surface area contributed by atoms with Gasteiger partial charge in [-0.1, -0.05) is 268 Å². The van der Waals surface area contributed by atoms with Crippen molar-refractivity contribution in [1.82, 2.24) is 0 Å². The van der Waals surface area contributed by atoms with Crippen LogP contribution in [0.3, 0.4) is 0 Å². The first-order valence-electron chi connectivity index (χ1n) is 30.8. The van der Waals surface area contributed by atoms with E-state index < -0.39 is 24.3 Å². The van der Waals surface area contributed by atoms with Crippen LogP contribution >= 0.6 is 0 Å². The van der Waals surface area contributed by atoms with Crippen molar-refractivity contribution in [2.24, 2.45) is 0 Å². The lowest BCUT2D eigenvalue weighted by Gasteiger charge is -2.26. The van der Waals surface area contributed by atoms with Gasteiger partial charge >= 0.3 is 11.9 Å². The molecule has 2 atom stereocenters. The summed E-state index contributed by atoms with van der Waals surface area (Å²) in [4.78, 5) is 37.3. The lowest BCUT2D eigenvalue weighted by atomic mass is 10.0. The number of likely N-dealkylation sites (N-methyl/N-ethyl adjacent to an activating group) is 1. The molecule has 0 aliphatic rings. The van der Waals surface area contributed by atoms with E-state index in [9.17, 15) is 19.5 Å². The second-order valence-corrected chi connectivity index (χ2v) is 22.0. The highest BCUT2D eigenvalue weighted by atomic mass is 16.7. The molecule has 0 heterocycles. The molecule has 0 radical (unpaired) electrons. The van der Waals surface area contributed by atoms with Crippen LogP contribution in [0.15, 0.2) is 48.6 Å². The van der Waals surface area contributed by atoms with Gasteiger partial charge in [-0.15, -0.1) is 0 Å². The van der Waals surface area contributed by atoms with Gasteiger partial charge in [-0.05, 0) is 51.4 Å². The monoisotopic (exact) mass is 1030 g/mol. The first kappa shape index (κ1) is 70.2. The second-order valence-electron chi connectivity index (χ2n) is 22.0. The summed E-state index contributed by atoms with van der Waals surface area (Å²) in [5, 5.41) is 11.8. The number of ether oxygens (including phenoxy) is 4. The third-order valence-electron chi connectivity index (χ3n) is 13.6. The molecular formula is C64H117NO8. The van der Waals surface area contributed by atoms with E-state index in [0.29, 0.717) is 23.9 Å². The van der Waals surface area contributed by atoms with Gasteiger partial charge in [0.1, 0.15) is 13.2 Å². The molecule has 73 heavy (non-hydrogen) atoms. The van der Waals surface area contributed by atoms with Crippen molar-refractivity contribution in [2.75, 3.05) is 47.5 Å². The number of esters is 2. The van der Waals surface area contributed by atoms with Gasteiger partial charge in [-0.3, -0.25) is 9.59 Å². The normalized spacial score (nSPS) is 13.1. The molecule has 0 amide bonds. The maximum atomic E-state index is 12.9. The highest BCUT2D eigenvalue weighted by molar-refractivity contribution is 5.70. The first-order valence-corrected chi connectivity index (χ1v) is 30.8. The molecule has 0 N–H and O–H groups in total. The van der Waals surface area contributed by atoms with Gasteiger partial charge in [0, 0.05) is 12.8 Å². The summed E-state index contributed by atoms with van der Waals surface area (Å²) in [6.07, 6.45) is 66.0. The molecular weight excluding hydrogens is 911 g/mol. The number of nitrogens with zero attached hydrogens (tertiary/aromatic N) is 1. The third-order valence-corrected chi connectivity index (χ3v) is 13.6. The number of allylic oxidation sites excluding steroid dienone is 8. The Balaban J connectivity index is 4.11. The van der Waals surface area contributed by atoms with E-state index in [-0.39, 0.29) is 32.2 Å². The number of rotatable bonds is 57. The van der Waals surface area contributed by atoms with Gasteiger partial charge in [0.05, 0.1) is 40.3 Å². The standard InChI is InChI=1S/C64H117NO8/c1-6-8-10-12-14-16-18-20-22-24-25-26-27-28-29-30-31-32-33-34-35-36-37-39-41-43-45-47-49-51-53-55-62(67)73-60(59-72-64(63(68)69)70-57-56-65(3,4)5)58-71-61(66)54-52-50-48-46-44-42-40-38-23-21-19-17-15-13-11-9-7-2/h8,10,14,16,20,22,25-26,60,64H,6-7,9,11-13,15,17-19,21,23-24,27-59H2,1-5H3/b10-8-,16-14-,22-20-,26-25-. The maximum absolute atomic E-state index is 12.9. The van der Waals surface area contributed by atoms with Crippen LogP contribution in [0.25, 0.3) is 0 Å². The van der Waals surface area contributed by atoms with Crippen LogP contribution in [-0.2, 0) is 33.3 Å². The summed E-state index contributed by atoms with van der Waals surface area (Å²) in [6.45, 7) is 4.68. The Hall–Kier alpha value is -2.75. The first-order chi connectivity index (χ1) is 35.6. The van der Waals surface area contributed by atoms with Gasteiger partial charge in [0.2, 0.25) is 0 Å². The van der Waals surface area contributed by atoms with Crippen LogP contribution < -0.4 is 5.11 Å². The zero-order chi connectivity index (χ0) is 53.4. The van der Waals surface area contributed by atoms with Gasteiger partial charge < -0.3 is 33.3 Å². The summed E-state index contributed by atoms with van der Waals surface area (Å²) in [5.41, 5.74) is 0. The van der Waals surface area contributed by atoms with E-state index in [2.05, 4.69) is 62.5 Å². The van der Waals surface area contributed by atoms with Gasteiger partial charge in [0.15, 0.2) is 12.4 Å². The molecule has 0 aliphatic carbocycles. The van der Waals surface area contributed by atoms with Crippen LogP contribution in [0.4, 0.5) is 0 Å². The largest absolute Gasteiger partial charge is 0.545 e. The fraction of sp³-hybridized carbons (Fsp3) is 0.828. The zero-order valence-corrected chi connectivity index (χ0v) is 48.5. The maximum Gasteiger partial charge on any atom is 0.306 e. The Labute approximate surface area is 451 Å². The second kappa shape index (κ2) is 55.5. The van der Waals surface area contributed by atoms with Crippen molar-refractivity contribution < 1.29 is 42.9 Å². The number of unbranched alkanes of at least 4 members (excludes halogenated alkanes) is 34. The lowest BCUT2D eigenvalue weighted by Crippen LogP contribution is -2.44. The van der Waals surface area contributed by atoms with Crippen molar-refractivity contribution in [2.45, 2.75) is 296 Å². The molecule has 0 aromatic rings. The molecule has 2 unspecified atom stereocenters. The fourth-order valence-corrected chi connectivity index (χ4v) is 8.88. The van der Waals surface area contributed by atoms with Crippen molar-refractivity contribution in [3.8, 4) is 0 Å². The van der Waals surface area contributed by atoms with E-state index in [0.717, 1.165) is 57.8 Å². The van der Waals surface area contributed by atoms with Crippen LogP contribution in [0, 0.1) is 0 Å². The molecule has 9 heteroatoms. The van der Waals surface area contributed by atoms with E-state index in [1.165, 1.54) is 193 Å². The highest BCUT2D eigenvalue weighted by Crippen LogP contribution is 2.17. The third kappa shape index (κ3) is 56.8. The summed E-state index contributed by atoms with van der Waals surface area (Å²) >= 11 is 0. The predicted octanol–water partition coefficient (Wildman–Crippen LogP) is 16.9. The summed E-state index contributed by atoms with van der Waals surface area (Å²) in [7, 11) is 5.93. The van der Waals surface area contributed by atoms with E-state index in [4.69, 9.17) is 18.9 Å². The number of hydrogen-bond acceptors (Lipinski definition) is 8. The number of quaternary nitrogens is 1. The SMILES string of the molecule is CC/C=C\C/C=C\C/C=C\C/C=C\CCCCCCCCCCCCCCCCCCCCC(=O)OC(COC(=O)CCCCCCCCCCCCCCCCCCC)COC(OCC[N+](C)(C)C)C(=O)[O-]. The van der Waals surface area contributed by atoms with Crippen LogP contribution in [0.5, 0.6) is 0 Å². The molecule has 0 aromatic heterocycles. The average Bonchev–Trinajstić information content (AvgIpc) is 3.36. The molecule has 0 saturated heterocycles. The highest BCUT2D eigenvalue weighted by Gasteiger charge is 2.22. The number of aliphatic carboxylic acids is 1. The molecule has 0 aromatic carbocycles. The fourth-order valence-electron chi connectivity index (χ4n) is 8.88. The van der Waals surface area contributed by atoms with Crippen LogP contribution in [0.2, 0.25) is 0 Å².